The van der Waals surface area contributed by atoms with Gasteiger partial charge in [0.25, 0.3) is 5.69 Å². The van der Waals surface area contributed by atoms with Crippen LogP contribution in [0.5, 0.6) is 5.75 Å². The van der Waals surface area contributed by atoms with Gasteiger partial charge >= 0.3 is 0 Å². The van der Waals surface area contributed by atoms with Gasteiger partial charge in [-0.2, -0.15) is 0 Å². The molecule has 0 heterocycles. The highest BCUT2D eigenvalue weighted by Crippen LogP contribution is 2.36. The molecule has 0 atom stereocenters. The van der Waals surface area contributed by atoms with Crippen molar-refractivity contribution in [1.29, 1.82) is 0 Å². The molecule has 0 aromatic heterocycles. The fourth-order valence-corrected chi connectivity index (χ4v) is 3.39. The number of nitro groups is 1. The summed E-state index contributed by atoms with van der Waals surface area (Å²) in [6, 6.07) is 17.9. The van der Waals surface area contributed by atoms with Gasteiger partial charge in [-0.3, -0.25) is 10.1 Å². The lowest BCUT2D eigenvalue weighted by Crippen LogP contribution is -2.15. The molecule has 0 saturated carbocycles. The highest BCUT2D eigenvalue weighted by atomic mass is 35.5. The van der Waals surface area contributed by atoms with Crippen LogP contribution in [0.4, 0.5) is 28.4 Å². The van der Waals surface area contributed by atoms with E-state index in [-0.39, 0.29) is 22.8 Å². The van der Waals surface area contributed by atoms with Crippen molar-refractivity contribution in [3.63, 3.8) is 0 Å². The molecule has 3 aromatic rings. The Balaban J connectivity index is 1.94. The summed E-state index contributed by atoms with van der Waals surface area (Å²) in [6.07, 6.45) is 0.522. The third-order valence-electron chi connectivity index (χ3n) is 4.82. The lowest BCUT2D eigenvalue weighted by Gasteiger charge is -2.23. The molecule has 0 aliphatic carbocycles. The molecule has 0 radical (unpaired) electrons. The summed E-state index contributed by atoms with van der Waals surface area (Å²) in [5.74, 6) is 0.307. The normalized spacial score (nSPS) is 11.1. The van der Waals surface area contributed by atoms with Gasteiger partial charge in [-0.15, -0.1) is 21.8 Å². The summed E-state index contributed by atoms with van der Waals surface area (Å²) in [4.78, 5) is 13.0. The second kappa shape index (κ2) is 10.0. The Hall–Kier alpha value is -3.45. The molecular weight excluding hydrogens is 416 g/mol. The molecule has 3 aromatic carbocycles. The molecule has 0 aliphatic heterocycles. The fraction of sp³-hybridized carbons (Fsp3) is 0.217. The summed E-state index contributed by atoms with van der Waals surface area (Å²) in [5.41, 5.74) is 3.93. The first-order valence-corrected chi connectivity index (χ1v) is 10.4. The zero-order valence-electron chi connectivity index (χ0n) is 17.3. The Kier molecular flexibility index (Phi) is 7.20. The molecule has 3 rings (SSSR count). The van der Waals surface area contributed by atoms with Gasteiger partial charge in [0.05, 0.1) is 4.92 Å². The van der Waals surface area contributed by atoms with Gasteiger partial charge in [0.15, 0.2) is 5.69 Å². The van der Waals surface area contributed by atoms with Crippen molar-refractivity contribution in [3.05, 3.63) is 81.9 Å². The number of rotatable bonds is 8. The summed E-state index contributed by atoms with van der Waals surface area (Å²) in [7, 11) is 0. The van der Waals surface area contributed by atoms with Crippen LogP contribution in [0.15, 0.2) is 70.9 Å². The molecule has 31 heavy (non-hydrogen) atoms. The van der Waals surface area contributed by atoms with Gasteiger partial charge in [-0.05, 0) is 62.2 Å². The topological polar surface area (TPSA) is 91.3 Å². The summed E-state index contributed by atoms with van der Waals surface area (Å²) in [6.45, 7) is 4.76. The number of benzene rings is 3. The second-order valence-corrected chi connectivity index (χ2v) is 7.35. The average Bonchev–Trinajstić information content (AvgIpc) is 2.76. The van der Waals surface area contributed by atoms with Crippen LogP contribution in [0.1, 0.15) is 18.1 Å². The minimum absolute atomic E-state index is 0.0612. The predicted octanol–water partition coefficient (Wildman–Crippen LogP) is 6.96. The lowest BCUT2D eigenvalue weighted by molar-refractivity contribution is -0.384. The molecule has 160 valence electrons. The van der Waals surface area contributed by atoms with Gasteiger partial charge in [0.1, 0.15) is 11.4 Å². The number of azo groups is 1. The Morgan fingerprint density at radius 2 is 1.68 bits per heavy atom. The minimum Gasteiger partial charge on any atom is -0.506 e. The Labute approximate surface area is 185 Å². The number of aryl methyl sites for hydroxylation is 2. The molecule has 0 aliphatic rings. The number of alkyl halides is 1. The van der Waals surface area contributed by atoms with Crippen LogP contribution in [0, 0.1) is 17.0 Å². The molecule has 1 N–H and O–H groups in total. The maximum Gasteiger partial charge on any atom is 0.296 e. The van der Waals surface area contributed by atoms with Crippen molar-refractivity contribution in [2.24, 2.45) is 10.2 Å². The molecule has 0 fully saturated rings. The van der Waals surface area contributed by atoms with Crippen LogP contribution < -0.4 is 4.90 Å². The number of hydrogen-bond acceptors (Lipinski definition) is 6. The van der Waals surface area contributed by atoms with Crippen molar-refractivity contribution < 1.29 is 10.0 Å². The number of nitro benzene ring substituents is 1. The van der Waals surface area contributed by atoms with Crippen molar-refractivity contribution in [3.8, 4) is 5.75 Å². The lowest BCUT2D eigenvalue weighted by atomic mass is 10.1. The fourth-order valence-electron chi connectivity index (χ4n) is 3.17. The molecular formula is C23H23ClN4O3. The number of aromatic hydroxyl groups is 1. The predicted molar refractivity (Wildman–Crippen MR) is 124 cm³/mol. The molecule has 0 saturated heterocycles. The van der Waals surface area contributed by atoms with Crippen LogP contribution in [-0.4, -0.2) is 22.5 Å². The number of anilines is 2. The Morgan fingerprint density at radius 3 is 2.32 bits per heavy atom. The molecule has 7 nitrogen and oxygen atoms in total. The number of nitrogens with zero attached hydrogens (tertiary/aromatic N) is 4. The van der Waals surface area contributed by atoms with Crippen LogP contribution >= 0.6 is 11.6 Å². The van der Waals surface area contributed by atoms with Crippen LogP contribution in [0.25, 0.3) is 0 Å². The Bertz CT molecular complexity index is 1100. The number of phenols is 1. The van der Waals surface area contributed by atoms with Gasteiger partial charge in [-0.25, -0.2) is 0 Å². The molecule has 0 spiro atoms. The van der Waals surface area contributed by atoms with Gasteiger partial charge in [0.2, 0.25) is 0 Å². The quantitative estimate of drug-likeness (QED) is 0.178. The molecule has 0 bridgehead atoms. The van der Waals surface area contributed by atoms with Crippen LogP contribution in [-0.2, 0) is 6.42 Å². The van der Waals surface area contributed by atoms with E-state index in [4.69, 9.17) is 11.6 Å². The van der Waals surface area contributed by atoms with E-state index < -0.39 is 4.92 Å². The maximum absolute atomic E-state index is 11.4. The third kappa shape index (κ3) is 5.38. The van der Waals surface area contributed by atoms with Gasteiger partial charge in [-0.1, -0.05) is 23.8 Å². The number of hydrogen-bond donors (Lipinski definition) is 1. The largest absolute Gasteiger partial charge is 0.506 e. The zero-order valence-corrected chi connectivity index (χ0v) is 18.1. The van der Waals surface area contributed by atoms with Crippen molar-refractivity contribution >= 4 is 40.0 Å². The van der Waals surface area contributed by atoms with E-state index in [1.807, 2.05) is 38.1 Å². The van der Waals surface area contributed by atoms with E-state index in [1.54, 1.807) is 24.3 Å². The van der Waals surface area contributed by atoms with E-state index in [0.717, 1.165) is 16.9 Å². The minimum atomic E-state index is -0.501. The van der Waals surface area contributed by atoms with Crippen molar-refractivity contribution in [2.45, 2.75) is 20.3 Å². The van der Waals surface area contributed by atoms with E-state index in [2.05, 4.69) is 15.1 Å². The van der Waals surface area contributed by atoms with E-state index in [0.29, 0.717) is 18.8 Å². The summed E-state index contributed by atoms with van der Waals surface area (Å²) >= 11 is 5.73. The van der Waals surface area contributed by atoms with E-state index in [9.17, 15) is 15.2 Å². The van der Waals surface area contributed by atoms with E-state index >= 15 is 0 Å². The van der Waals surface area contributed by atoms with Gasteiger partial charge < -0.3 is 10.0 Å². The molecule has 0 amide bonds. The van der Waals surface area contributed by atoms with Crippen LogP contribution in [0.2, 0.25) is 0 Å². The highest BCUT2D eigenvalue weighted by molar-refractivity contribution is 6.18. The summed E-state index contributed by atoms with van der Waals surface area (Å²) < 4.78 is 0. The highest BCUT2D eigenvalue weighted by Gasteiger charge is 2.15. The third-order valence-corrected chi connectivity index (χ3v) is 5.01. The maximum atomic E-state index is 11.4. The van der Waals surface area contributed by atoms with Gasteiger partial charge in [0, 0.05) is 29.9 Å². The standard InChI is InChI=1S/C23H23ClN4O3/c1-3-27(18-7-4-16(2)5-8-18)19-9-11-23(29)21(15-19)26-25-20-10-6-17(12-13-24)14-22(20)28(30)31/h4-11,14-15,29H,3,12-13H2,1-2H3. The number of halogens is 1. The smallest absolute Gasteiger partial charge is 0.296 e. The zero-order chi connectivity index (χ0) is 22.4. The van der Waals surface area contributed by atoms with Crippen LogP contribution in [0.3, 0.4) is 0 Å². The van der Waals surface area contributed by atoms with Crippen molar-refractivity contribution in [1.82, 2.24) is 0 Å². The first kappa shape index (κ1) is 22.2. The second-order valence-electron chi connectivity index (χ2n) is 6.97. The van der Waals surface area contributed by atoms with Crippen molar-refractivity contribution in [2.75, 3.05) is 17.3 Å². The van der Waals surface area contributed by atoms with E-state index in [1.165, 1.54) is 17.7 Å². The summed E-state index contributed by atoms with van der Waals surface area (Å²) in [5, 5.41) is 29.8. The molecule has 8 heteroatoms. The monoisotopic (exact) mass is 438 g/mol. The first-order chi connectivity index (χ1) is 14.9. The number of phenolic OH excluding ortho intramolecular Hbond substituents is 1. The SMILES string of the molecule is CCN(c1ccc(C)cc1)c1ccc(O)c(N=Nc2ccc(CCCl)cc2[N+](=O)[O-])c1. The first-order valence-electron chi connectivity index (χ1n) is 9.85. The molecule has 0 unspecified atom stereocenters. The average molecular weight is 439 g/mol. The Morgan fingerprint density at radius 1 is 1.00 bits per heavy atom.